The van der Waals surface area contributed by atoms with E-state index in [2.05, 4.69) is 17.2 Å². The molecule has 1 unspecified atom stereocenters. The lowest BCUT2D eigenvalue weighted by molar-refractivity contribution is -0.118. The normalized spacial score (nSPS) is 21.7. The van der Waals surface area contributed by atoms with E-state index in [1.807, 2.05) is 6.92 Å². The van der Waals surface area contributed by atoms with Crippen LogP contribution in [0.4, 0.5) is 0 Å². The van der Waals surface area contributed by atoms with Gasteiger partial charge in [0.1, 0.15) is 5.76 Å². The van der Waals surface area contributed by atoms with E-state index in [0.717, 1.165) is 48.6 Å². The number of ether oxygens (including phenoxy) is 1. The van der Waals surface area contributed by atoms with Crippen LogP contribution in [0.2, 0.25) is 0 Å². The summed E-state index contributed by atoms with van der Waals surface area (Å²) in [5.74, 6) is 1.19. The lowest BCUT2D eigenvalue weighted by Gasteiger charge is -2.23. The Hall–Kier alpha value is -1.36. The highest BCUT2D eigenvalue weighted by atomic mass is 32.1. The Morgan fingerprint density at radius 1 is 1.38 bits per heavy atom. The number of thiazole rings is 1. The lowest BCUT2D eigenvalue weighted by Crippen LogP contribution is -2.32. The van der Waals surface area contributed by atoms with Crippen LogP contribution in [0, 0.1) is 6.92 Å². The molecule has 4 nitrogen and oxygen atoms in total. The van der Waals surface area contributed by atoms with Crippen LogP contribution in [-0.4, -0.2) is 24.0 Å². The van der Waals surface area contributed by atoms with Crippen molar-refractivity contribution in [2.24, 2.45) is 0 Å². The Bertz CT molecular complexity index is 577. The molecule has 3 rings (SSSR count). The summed E-state index contributed by atoms with van der Waals surface area (Å²) in [6, 6.07) is 0. The second-order valence-electron chi connectivity index (χ2n) is 5.83. The van der Waals surface area contributed by atoms with E-state index in [1.165, 1.54) is 17.0 Å². The predicted molar refractivity (Wildman–Crippen MR) is 83.4 cm³/mol. The molecule has 2 heterocycles. The van der Waals surface area contributed by atoms with Crippen molar-refractivity contribution in [3.63, 3.8) is 0 Å². The maximum atomic E-state index is 12.3. The molecule has 1 N–H and O–H groups in total. The zero-order valence-corrected chi connectivity index (χ0v) is 13.5. The fourth-order valence-corrected chi connectivity index (χ4v) is 4.23. The largest absolute Gasteiger partial charge is 0.498 e. The van der Waals surface area contributed by atoms with Crippen LogP contribution in [0.15, 0.2) is 11.3 Å². The quantitative estimate of drug-likeness (QED) is 0.933. The highest BCUT2D eigenvalue weighted by molar-refractivity contribution is 7.11. The molecule has 5 heteroatoms. The Kier molecular flexibility index (Phi) is 4.29. The third kappa shape index (κ3) is 3.12. The number of fused-ring (bicyclic) bond motifs is 1. The third-order valence-electron chi connectivity index (χ3n) is 4.28. The van der Waals surface area contributed by atoms with E-state index in [0.29, 0.717) is 12.5 Å². The minimum atomic E-state index is 0.0336. The van der Waals surface area contributed by atoms with Crippen molar-refractivity contribution in [2.75, 3.05) is 13.2 Å². The van der Waals surface area contributed by atoms with Gasteiger partial charge in [0.2, 0.25) is 0 Å². The summed E-state index contributed by atoms with van der Waals surface area (Å²) in [5, 5.41) is 4.23. The number of nitrogens with zero attached hydrogens (tertiary/aromatic N) is 1. The van der Waals surface area contributed by atoms with Crippen molar-refractivity contribution >= 4 is 17.2 Å². The molecule has 2 aliphatic rings. The number of hydrogen-bond acceptors (Lipinski definition) is 4. The highest BCUT2D eigenvalue weighted by Gasteiger charge is 2.25. The minimum absolute atomic E-state index is 0.0336. The molecule has 1 amide bonds. The molecule has 1 atom stereocenters. The molecule has 0 aromatic carbocycles. The van der Waals surface area contributed by atoms with E-state index in [-0.39, 0.29) is 5.91 Å². The molecule has 0 radical (unpaired) electrons. The van der Waals surface area contributed by atoms with Crippen LogP contribution in [-0.2, 0) is 16.0 Å². The second kappa shape index (κ2) is 6.18. The Balaban J connectivity index is 1.64. The maximum absolute atomic E-state index is 12.3. The smallest absolute Gasteiger partial charge is 0.250 e. The average Bonchev–Trinajstić information content (AvgIpc) is 2.86. The number of hydrogen-bond donors (Lipinski definition) is 1. The van der Waals surface area contributed by atoms with Crippen LogP contribution >= 0.6 is 11.3 Å². The third-order valence-corrected chi connectivity index (χ3v) is 5.32. The summed E-state index contributed by atoms with van der Waals surface area (Å²) >= 11 is 1.80. The first kappa shape index (κ1) is 14.6. The average molecular weight is 306 g/mol. The molecule has 0 bridgehead atoms. The molecule has 0 saturated heterocycles. The summed E-state index contributed by atoms with van der Waals surface area (Å²) in [5.41, 5.74) is 2.03. The van der Waals surface area contributed by atoms with Gasteiger partial charge in [-0.1, -0.05) is 0 Å². The molecular formula is C16H22N2O2S. The van der Waals surface area contributed by atoms with Crippen molar-refractivity contribution in [2.45, 2.75) is 51.9 Å². The first-order valence-corrected chi connectivity index (χ1v) is 8.53. The fraction of sp³-hybridized carbons (Fsp3) is 0.625. The SMILES string of the molecule is CC1=C(C(=O)NCC2CCCc3sc(C)nc32)CCCO1. The van der Waals surface area contributed by atoms with Gasteiger partial charge in [-0.3, -0.25) is 4.79 Å². The molecule has 0 saturated carbocycles. The first-order chi connectivity index (χ1) is 10.1. The molecule has 1 aliphatic heterocycles. The topological polar surface area (TPSA) is 51.2 Å². The molecule has 114 valence electrons. The van der Waals surface area contributed by atoms with Gasteiger partial charge in [-0.25, -0.2) is 4.98 Å². The molecule has 1 aromatic heterocycles. The number of aryl methyl sites for hydroxylation is 2. The van der Waals surface area contributed by atoms with Crippen LogP contribution in [0.25, 0.3) is 0 Å². The van der Waals surface area contributed by atoms with Crippen molar-refractivity contribution in [3.05, 3.63) is 26.9 Å². The van der Waals surface area contributed by atoms with Gasteiger partial charge in [-0.2, -0.15) is 0 Å². The number of nitrogens with one attached hydrogen (secondary N) is 1. The monoisotopic (exact) mass is 306 g/mol. The minimum Gasteiger partial charge on any atom is -0.498 e. The van der Waals surface area contributed by atoms with Gasteiger partial charge in [-0.15, -0.1) is 11.3 Å². The number of carbonyl (C=O) groups is 1. The van der Waals surface area contributed by atoms with Gasteiger partial charge in [-0.05, 0) is 46.0 Å². The van der Waals surface area contributed by atoms with Gasteiger partial charge in [0.25, 0.3) is 5.91 Å². The van der Waals surface area contributed by atoms with E-state index in [4.69, 9.17) is 4.74 Å². The van der Waals surface area contributed by atoms with Gasteiger partial charge < -0.3 is 10.1 Å². The number of aromatic nitrogens is 1. The zero-order chi connectivity index (χ0) is 14.8. The second-order valence-corrected chi connectivity index (χ2v) is 7.11. The van der Waals surface area contributed by atoms with Gasteiger partial charge >= 0.3 is 0 Å². The summed E-state index contributed by atoms with van der Waals surface area (Å²) in [7, 11) is 0. The molecule has 1 aromatic rings. The maximum Gasteiger partial charge on any atom is 0.250 e. The Morgan fingerprint density at radius 3 is 3.05 bits per heavy atom. The van der Waals surface area contributed by atoms with Crippen LogP contribution in [0.5, 0.6) is 0 Å². The molecule has 0 fully saturated rings. The number of allylic oxidation sites excluding steroid dienone is 1. The zero-order valence-electron chi connectivity index (χ0n) is 12.7. The van der Waals surface area contributed by atoms with E-state index in [9.17, 15) is 4.79 Å². The Morgan fingerprint density at radius 2 is 2.24 bits per heavy atom. The molecule has 21 heavy (non-hydrogen) atoms. The van der Waals surface area contributed by atoms with Crippen LogP contribution in [0.1, 0.15) is 54.1 Å². The lowest BCUT2D eigenvalue weighted by atomic mass is 9.91. The standard InChI is InChI=1S/C16H22N2O2S/c1-10-13(6-4-8-20-10)16(19)17-9-12-5-3-7-14-15(12)18-11(2)21-14/h12H,3-9H2,1-2H3,(H,17,19). The van der Waals surface area contributed by atoms with Gasteiger partial charge in [0, 0.05) is 17.3 Å². The highest BCUT2D eigenvalue weighted by Crippen LogP contribution is 2.34. The van der Waals surface area contributed by atoms with Crippen molar-refractivity contribution in [1.82, 2.24) is 10.3 Å². The van der Waals surface area contributed by atoms with Crippen molar-refractivity contribution < 1.29 is 9.53 Å². The van der Waals surface area contributed by atoms with Gasteiger partial charge in [0.05, 0.1) is 22.9 Å². The fourth-order valence-electron chi connectivity index (χ4n) is 3.16. The van der Waals surface area contributed by atoms with E-state index < -0.39 is 0 Å². The Labute approximate surface area is 129 Å². The summed E-state index contributed by atoms with van der Waals surface area (Å²) in [4.78, 5) is 18.4. The predicted octanol–water partition coefficient (Wildman–Crippen LogP) is 3.07. The van der Waals surface area contributed by atoms with Crippen molar-refractivity contribution in [1.29, 1.82) is 0 Å². The molecule has 1 aliphatic carbocycles. The number of rotatable bonds is 3. The van der Waals surface area contributed by atoms with E-state index in [1.54, 1.807) is 11.3 Å². The van der Waals surface area contributed by atoms with Crippen LogP contribution in [0.3, 0.4) is 0 Å². The number of amides is 1. The van der Waals surface area contributed by atoms with Gasteiger partial charge in [0.15, 0.2) is 0 Å². The van der Waals surface area contributed by atoms with Crippen molar-refractivity contribution in [3.8, 4) is 0 Å². The van der Waals surface area contributed by atoms with Crippen LogP contribution < -0.4 is 5.32 Å². The number of carbonyl (C=O) groups excluding carboxylic acids is 1. The summed E-state index contributed by atoms with van der Waals surface area (Å²) in [6.07, 6.45) is 5.21. The first-order valence-electron chi connectivity index (χ1n) is 7.72. The summed E-state index contributed by atoms with van der Waals surface area (Å²) in [6.45, 7) is 5.36. The van der Waals surface area contributed by atoms with E-state index >= 15 is 0 Å². The molecule has 0 spiro atoms. The summed E-state index contributed by atoms with van der Waals surface area (Å²) < 4.78 is 5.47. The molecular weight excluding hydrogens is 284 g/mol.